The van der Waals surface area contributed by atoms with Gasteiger partial charge in [0, 0.05) is 44.4 Å². The molecule has 0 aliphatic carbocycles. The number of hydrogen-bond donors (Lipinski definition) is 1. The van der Waals surface area contributed by atoms with Crippen molar-refractivity contribution in [2.75, 3.05) is 26.2 Å². The maximum Gasteiger partial charge on any atom is 0.242 e. The Morgan fingerprint density at radius 3 is 2.77 bits per heavy atom. The van der Waals surface area contributed by atoms with E-state index in [1.165, 1.54) is 5.56 Å². The Hall–Kier alpha value is -2.25. The molecule has 1 fully saturated rings. The van der Waals surface area contributed by atoms with Gasteiger partial charge in [0.2, 0.25) is 5.91 Å². The Labute approximate surface area is 154 Å². The van der Waals surface area contributed by atoms with Gasteiger partial charge in [-0.05, 0) is 37.6 Å². The van der Waals surface area contributed by atoms with Crippen molar-refractivity contribution in [2.24, 2.45) is 0 Å². The lowest BCUT2D eigenvalue weighted by molar-refractivity contribution is -0.132. The summed E-state index contributed by atoms with van der Waals surface area (Å²) in [6.45, 7) is 7.38. The predicted molar refractivity (Wildman–Crippen MR) is 98.3 cm³/mol. The van der Waals surface area contributed by atoms with Gasteiger partial charge in [-0.15, -0.1) is 0 Å². The molecule has 0 bridgehead atoms. The van der Waals surface area contributed by atoms with Crippen molar-refractivity contribution >= 4 is 5.91 Å². The summed E-state index contributed by atoms with van der Waals surface area (Å²) < 4.78 is 1.83. The average Bonchev–Trinajstić information content (AvgIpc) is 3.21. The van der Waals surface area contributed by atoms with E-state index in [9.17, 15) is 9.90 Å². The fraction of sp³-hybridized carbons (Fsp3) is 0.526. The number of carbonyl (C=O) groups excluding carboxylic acids is 1. The van der Waals surface area contributed by atoms with Crippen LogP contribution < -0.4 is 0 Å². The maximum absolute atomic E-state index is 12.5. The van der Waals surface area contributed by atoms with E-state index in [0.29, 0.717) is 26.1 Å². The molecule has 1 aliphatic rings. The van der Waals surface area contributed by atoms with Crippen molar-refractivity contribution in [2.45, 2.75) is 39.0 Å². The highest BCUT2D eigenvalue weighted by Gasteiger charge is 2.39. The van der Waals surface area contributed by atoms with Gasteiger partial charge in [0.05, 0.1) is 12.1 Å². The van der Waals surface area contributed by atoms with Gasteiger partial charge in [0.25, 0.3) is 0 Å². The number of likely N-dealkylation sites (tertiary alicyclic amines) is 1. The third-order valence-electron chi connectivity index (χ3n) is 5.03. The third kappa shape index (κ3) is 4.47. The molecule has 0 spiro atoms. The summed E-state index contributed by atoms with van der Waals surface area (Å²) in [5.41, 5.74) is 0.315. The molecule has 2 aromatic rings. The molecule has 1 saturated heterocycles. The van der Waals surface area contributed by atoms with Crippen LogP contribution in [0.2, 0.25) is 0 Å². The van der Waals surface area contributed by atoms with Crippen molar-refractivity contribution < 1.29 is 9.90 Å². The highest BCUT2D eigenvalue weighted by Crippen LogP contribution is 2.23. The van der Waals surface area contributed by atoms with E-state index >= 15 is 0 Å². The zero-order valence-corrected chi connectivity index (χ0v) is 15.5. The van der Waals surface area contributed by atoms with Crippen LogP contribution >= 0.6 is 0 Å². The van der Waals surface area contributed by atoms with Crippen LogP contribution in [0.4, 0.5) is 0 Å². The zero-order valence-electron chi connectivity index (χ0n) is 15.5. The summed E-state index contributed by atoms with van der Waals surface area (Å²) in [6.07, 6.45) is 7.68. The number of pyridine rings is 1. The predicted octanol–water partition coefficient (Wildman–Crippen LogP) is 1.07. The molecule has 1 aliphatic heterocycles. The van der Waals surface area contributed by atoms with E-state index in [1.54, 1.807) is 23.5 Å². The molecule has 1 amide bonds. The molecule has 26 heavy (non-hydrogen) atoms. The fourth-order valence-electron chi connectivity index (χ4n) is 3.46. The molecule has 0 radical (unpaired) electrons. The van der Waals surface area contributed by atoms with Gasteiger partial charge >= 0.3 is 0 Å². The van der Waals surface area contributed by atoms with E-state index in [1.807, 2.05) is 29.8 Å². The smallest absolute Gasteiger partial charge is 0.242 e. The summed E-state index contributed by atoms with van der Waals surface area (Å²) in [6, 6.07) is 3.98. The summed E-state index contributed by atoms with van der Waals surface area (Å²) in [4.78, 5) is 24.7. The second-order valence-electron chi connectivity index (χ2n) is 7.05. The number of β-amino-alcohol motifs (C(OH)–C–C–N with tert-alkyl or cyclic N) is 1. The Morgan fingerprint density at radius 1 is 1.35 bits per heavy atom. The van der Waals surface area contributed by atoms with E-state index < -0.39 is 5.60 Å². The van der Waals surface area contributed by atoms with Crippen LogP contribution in [0.1, 0.15) is 24.7 Å². The van der Waals surface area contributed by atoms with Gasteiger partial charge < -0.3 is 14.6 Å². The molecule has 1 unspecified atom stereocenters. The molecule has 7 nitrogen and oxygen atoms in total. The second-order valence-corrected chi connectivity index (χ2v) is 7.05. The molecule has 2 aromatic heterocycles. The Morgan fingerprint density at radius 2 is 2.12 bits per heavy atom. The first-order chi connectivity index (χ1) is 12.5. The quantitative estimate of drug-likeness (QED) is 0.802. The summed E-state index contributed by atoms with van der Waals surface area (Å²) >= 11 is 0. The minimum atomic E-state index is -0.858. The van der Waals surface area contributed by atoms with Crippen molar-refractivity contribution in [1.29, 1.82) is 0 Å². The maximum atomic E-state index is 12.5. The largest absolute Gasteiger partial charge is 0.387 e. The molecule has 7 heteroatoms. The van der Waals surface area contributed by atoms with Crippen molar-refractivity contribution in [1.82, 2.24) is 24.3 Å². The van der Waals surface area contributed by atoms with Crippen LogP contribution in [0, 0.1) is 6.92 Å². The van der Waals surface area contributed by atoms with Crippen LogP contribution in [0.25, 0.3) is 0 Å². The normalized spacial score (nSPS) is 20.1. The Bertz CT molecular complexity index is 733. The lowest BCUT2D eigenvalue weighted by Crippen LogP contribution is -2.46. The van der Waals surface area contributed by atoms with Gasteiger partial charge in [0.15, 0.2) is 0 Å². The number of aliphatic hydroxyl groups is 1. The van der Waals surface area contributed by atoms with Gasteiger partial charge in [-0.3, -0.25) is 14.7 Å². The molecule has 3 heterocycles. The molecular formula is C19H27N5O2. The highest BCUT2D eigenvalue weighted by atomic mass is 16.3. The van der Waals surface area contributed by atoms with Crippen LogP contribution in [0.5, 0.6) is 0 Å². The van der Waals surface area contributed by atoms with Crippen LogP contribution in [0.15, 0.2) is 36.9 Å². The Kier molecular flexibility index (Phi) is 5.68. The van der Waals surface area contributed by atoms with Crippen molar-refractivity contribution in [3.05, 3.63) is 48.3 Å². The van der Waals surface area contributed by atoms with Gasteiger partial charge in [-0.2, -0.15) is 0 Å². The third-order valence-corrected chi connectivity index (χ3v) is 5.03. The minimum absolute atomic E-state index is 0.0270. The standard InChI is InChI=1S/C19H27N5O2/c1-3-22(12-17-4-7-20-8-5-17)14-19(26)6-10-24(15-19)18(25)13-23-11-9-21-16(23)2/h4-5,7-9,11,26H,3,6,10,12-15H2,1-2H3. The molecule has 140 valence electrons. The SMILES string of the molecule is CCN(Cc1ccncc1)CC1(O)CCN(C(=O)Cn2ccnc2C)C1. The van der Waals surface area contributed by atoms with Gasteiger partial charge in [-0.25, -0.2) is 4.98 Å². The monoisotopic (exact) mass is 357 g/mol. The number of amides is 1. The lowest BCUT2D eigenvalue weighted by atomic mass is 10.0. The average molecular weight is 357 g/mol. The number of hydrogen-bond acceptors (Lipinski definition) is 5. The van der Waals surface area contributed by atoms with E-state index in [-0.39, 0.29) is 12.5 Å². The van der Waals surface area contributed by atoms with E-state index in [4.69, 9.17) is 0 Å². The highest BCUT2D eigenvalue weighted by molar-refractivity contribution is 5.76. The van der Waals surface area contributed by atoms with Gasteiger partial charge in [0.1, 0.15) is 12.4 Å². The number of likely N-dealkylation sites (N-methyl/N-ethyl adjacent to an activating group) is 1. The van der Waals surface area contributed by atoms with E-state index in [0.717, 1.165) is 18.9 Å². The number of aromatic nitrogens is 3. The minimum Gasteiger partial charge on any atom is -0.387 e. The molecule has 0 aromatic carbocycles. The topological polar surface area (TPSA) is 74.5 Å². The molecule has 3 rings (SSSR count). The van der Waals surface area contributed by atoms with Crippen LogP contribution in [-0.4, -0.2) is 67.1 Å². The van der Waals surface area contributed by atoms with Crippen LogP contribution in [0.3, 0.4) is 0 Å². The number of carbonyl (C=O) groups is 1. The number of nitrogens with zero attached hydrogens (tertiary/aromatic N) is 5. The Balaban J connectivity index is 1.57. The summed E-state index contributed by atoms with van der Waals surface area (Å²) in [5.74, 6) is 0.849. The van der Waals surface area contributed by atoms with Crippen molar-refractivity contribution in [3.63, 3.8) is 0 Å². The first kappa shape index (κ1) is 18.5. The first-order valence-electron chi connectivity index (χ1n) is 9.08. The van der Waals surface area contributed by atoms with E-state index in [2.05, 4.69) is 21.8 Å². The van der Waals surface area contributed by atoms with Gasteiger partial charge in [-0.1, -0.05) is 6.92 Å². The molecule has 0 saturated carbocycles. The molecule has 1 atom stereocenters. The summed E-state index contributed by atoms with van der Waals surface area (Å²) in [5, 5.41) is 11.0. The fourth-order valence-corrected chi connectivity index (χ4v) is 3.46. The molecule has 1 N–H and O–H groups in total. The first-order valence-corrected chi connectivity index (χ1v) is 9.08. The zero-order chi connectivity index (χ0) is 18.6. The molecular weight excluding hydrogens is 330 g/mol. The number of imidazole rings is 1. The van der Waals surface area contributed by atoms with Crippen LogP contribution in [-0.2, 0) is 17.9 Å². The summed E-state index contributed by atoms with van der Waals surface area (Å²) in [7, 11) is 0. The number of aryl methyl sites for hydroxylation is 1. The second kappa shape index (κ2) is 7.97. The number of rotatable bonds is 7. The van der Waals surface area contributed by atoms with Crippen molar-refractivity contribution in [3.8, 4) is 0 Å². The lowest BCUT2D eigenvalue weighted by Gasteiger charge is -2.30.